The molecule has 1 amide bonds. The van der Waals surface area contributed by atoms with Gasteiger partial charge in [-0.05, 0) is 39.2 Å². The molecular weight excluding hydrogens is 238 g/mol. The monoisotopic (exact) mass is 261 g/mol. The van der Waals surface area contributed by atoms with E-state index in [2.05, 4.69) is 0 Å². The van der Waals surface area contributed by atoms with Gasteiger partial charge >= 0.3 is 0 Å². The number of hydrogen-bond acceptors (Lipinski definition) is 2. The topological polar surface area (TPSA) is 40.5 Å². The fourth-order valence-electron chi connectivity index (χ4n) is 2.80. The number of carbonyl (C=O) groups excluding carboxylic acids is 1. The lowest BCUT2D eigenvalue weighted by atomic mass is 9.87. The van der Waals surface area contributed by atoms with Crippen LogP contribution in [0.15, 0.2) is 24.3 Å². The minimum Gasteiger partial charge on any atom is -0.391 e. The standard InChI is InChI=1S/C16H23NO2/c1-12-6-4-7-13(10-12)11-15(19)17-9-5-8-14(18)16(17,2)3/h4,6-7,10,14,18H,5,8-9,11H2,1-3H3. The fourth-order valence-corrected chi connectivity index (χ4v) is 2.80. The molecular formula is C16H23NO2. The summed E-state index contributed by atoms with van der Waals surface area (Å²) in [7, 11) is 0. The summed E-state index contributed by atoms with van der Waals surface area (Å²) in [5.74, 6) is 0.106. The molecule has 1 atom stereocenters. The van der Waals surface area contributed by atoms with Crippen LogP contribution in [-0.4, -0.2) is 34.1 Å². The van der Waals surface area contributed by atoms with Gasteiger partial charge in [0.2, 0.25) is 5.91 Å². The van der Waals surface area contributed by atoms with Crippen LogP contribution in [0, 0.1) is 6.92 Å². The molecule has 19 heavy (non-hydrogen) atoms. The van der Waals surface area contributed by atoms with Crippen molar-refractivity contribution in [2.75, 3.05) is 6.54 Å². The maximum Gasteiger partial charge on any atom is 0.227 e. The summed E-state index contributed by atoms with van der Waals surface area (Å²) in [6, 6.07) is 8.04. The predicted molar refractivity (Wildman–Crippen MR) is 75.9 cm³/mol. The van der Waals surface area contributed by atoms with E-state index in [9.17, 15) is 9.90 Å². The van der Waals surface area contributed by atoms with Gasteiger partial charge in [0.1, 0.15) is 0 Å². The second kappa shape index (κ2) is 5.33. The Morgan fingerprint density at radius 2 is 2.21 bits per heavy atom. The molecule has 1 aromatic carbocycles. The molecule has 1 aliphatic heterocycles. The van der Waals surface area contributed by atoms with Crippen LogP contribution in [0.1, 0.15) is 37.8 Å². The summed E-state index contributed by atoms with van der Waals surface area (Å²) >= 11 is 0. The van der Waals surface area contributed by atoms with Crippen LogP contribution in [0.5, 0.6) is 0 Å². The summed E-state index contributed by atoms with van der Waals surface area (Å²) < 4.78 is 0. The zero-order valence-electron chi connectivity index (χ0n) is 12.0. The Balaban J connectivity index is 2.11. The third-order valence-corrected chi connectivity index (χ3v) is 4.11. The number of nitrogens with zero attached hydrogens (tertiary/aromatic N) is 1. The zero-order chi connectivity index (χ0) is 14.0. The average molecular weight is 261 g/mol. The number of aryl methyl sites for hydroxylation is 1. The first-order valence-corrected chi connectivity index (χ1v) is 6.95. The van der Waals surface area contributed by atoms with Gasteiger partial charge in [-0.2, -0.15) is 0 Å². The van der Waals surface area contributed by atoms with Gasteiger partial charge < -0.3 is 10.0 Å². The molecule has 1 heterocycles. The summed E-state index contributed by atoms with van der Waals surface area (Å²) in [4.78, 5) is 14.3. The van der Waals surface area contributed by atoms with Crippen LogP contribution in [0.25, 0.3) is 0 Å². The van der Waals surface area contributed by atoms with Crippen molar-refractivity contribution in [1.29, 1.82) is 0 Å². The average Bonchev–Trinajstić information content (AvgIpc) is 2.32. The van der Waals surface area contributed by atoms with Crippen molar-refractivity contribution < 1.29 is 9.90 Å². The molecule has 2 rings (SSSR count). The highest BCUT2D eigenvalue weighted by molar-refractivity contribution is 5.79. The molecule has 0 saturated carbocycles. The van der Waals surface area contributed by atoms with E-state index in [-0.39, 0.29) is 5.91 Å². The number of likely N-dealkylation sites (tertiary alicyclic amines) is 1. The van der Waals surface area contributed by atoms with Gasteiger partial charge in [-0.15, -0.1) is 0 Å². The molecule has 1 saturated heterocycles. The van der Waals surface area contributed by atoms with Gasteiger partial charge in [-0.1, -0.05) is 29.8 Å². The molecule has 1 N–H and O–H groups in total. The third-order valence-electron chi connectivity index (χ3n) is 4.11. The van der Waals surface area contributed by atoms with Gasteiger partial charge in [-0.25, -0.2) is 0 Å². The van der Waals surface area contributed by atoms with Crippen LogP contribution >= 0.6 is 0 Å². The number of amides is 1. The van der Waals surface area contributed by atoms with Gasteiger partial charge in [-0.3, -0.25) is 4.79 Å². The highest BCUT2D eigenvalue weighted by Crippen LogP contribution is 2.28. The lowest BCUT2D eigenvalue weighted by Crippen LogP contribution is -2.58. The number of piperidine rings is 1. The lowest BCUT2D eigenvalue weighted by molar-refractivity contribution is -0.144. The quantitative estimate of drug-likeness (QED) is 0.887. The van der Waals surface area contributed by atoms with Crippen molar-refractivity contribution in [2.45, 2.75) is 51.7 Å². The second-order valence-electron chi connectivity index (χ2n) is 6.02. The third kappa shape index (κ3) is 2.98. The summed E-state index contributed by atoms with van der Waals surface area (Å²) in [6.07, 6.45) is 1.64. The Hall–Kier alpha value is -1.35. The highest BCUT2D eigenvalue weighted by Gasteiger charge is 2.39. The maximum atomic E-state index is 12.5. The molecule has 0 bridgehead atoms. The summed E-state index contributed by atoms with van der Waals surface area (Å²) in [5, 5.41) is 10.1. The molecule has 0 spiro atoms. The van der Waals surface area contributed by atoms with Crippen LogP contribution in [0.3, 0.4) is 0 Å². The maximum absolute atomic E-state index is 12.5. The molecule has 1 aromatic rings. The van der Waals surface area contributed by atoms with Gasteiger partial charge in [0.15, 0.2) is 0 Å². The molecule has 3 nitrogen and oxygen atoms in total. The smallest absolute Gasteiger partial charge is 0.227 e. The minimum absolute atomic E-state index is 0.106. The Labute approximate surface area is 115 Å². The van der Waals surface area contributed by atoms with Crippen molar-refractivity contribution in [3.63, 3.8) is 0 Å². The van der Waals surface area contributed by atoms with Crippen LogP contribution < -0.4 is 0 Å². The van der Waals surface area contributed by atoms with Crippen LogP contribution in [0.4, 0.5) is 0 Å². The lowest BCUT2D eigenvalue weighted by Gasteiger charge is -2.46. The van der Waals surface area contributed by atoms with Crippen molar-refractivity contribution >= 4 is 5.91 Å². The fraction of sp³-hybridized carbons (Fsp3) is 0.562. The molecule has 1 unspecified atom stereocenters. The van der Waals surface area contributed by atoms with Gasteiger partial charge in [0.25, 0.3) is 0 Å². The zero-order valence-corrected chi connectivity index (χ0v) is 12.0. The molecule has 104 valence electrons. The van der Waals surface area contributed by atoms with Crippen molar-refractivity contribution in [1.82, 2.24) is 4.90 Å². The van der Waals surface area contributed by atoms with Gasteiger partial charge in [0, 0.05) is 6.54 Å². The number of carbonyl (C=O) groups is 1. The molecule has 1 fully saturated rings. The van der Waals surface area contributed by atoms with Crippen LogP contribution in [0.2, 0.25) is 0 Å². The van der Waals surface area contributed by atoms with E-state index in [0.717, 1.165) is 24.9 Å². The van der Waals surface area contributed by atoms with E-state index >= 15 is 0 Å². The van der Waals surface area contributed by atoms with Crippen molar-refractivity contribution in [3.05, 3.63) is 35.4 Å². The summed E-state index contributed by atoms with van der Waals surface area (Å²) in [5.41, 5.74) is 1.75. The predicted octanol–water partition coefficient (Wildman–Crippen LogP) is 2.30. The first kappa shape index (κ1) is 14.1. The molecule has 3 heteroatoms. The van der Waals surface area contributed by atoms with E-state index in [1.807, 2.05) is 49.9 Å². The van der Waals surface area contributed by atoms with E-state index < -0.39 is 11.6 Å². The highest BCUT2D eigenvalue weighted by atomic mass is 16.3. The number of aliphatic hydroxyl groups is 1. The first-order valence-electron chi connectivity index (χ1n) is 6.95. The van der Waals surface area contributed by atoms with E-state index in [1.165, 1.54) is 5.56 Å². The van der Waals surface area contributed by atoms with Crippen molar-refractivity contribution in [2.24, 2.45) is 0 Å². The first-order chi connectivity index (χ1) is 8.91. The number of hydrogen-bond donors (Lipinski definition) is 1. The SMILES string of the molecule is Cc1cccc(CC(=O)N2CCCC(O)C2(C)C)c1. The number of aliphatic hydroxyl groups excluding tert-OH is 1. The van der Waals surface area contributed by atoms with E-state index in [0.29, 0.717) is 6.42 Å². The Morgan fingerprint density at radius 3 is 2.89 bits per heavy atom. The second-order valence-corrected chi connectivity index (χ2v) is 6.02. The summed E-state index contributed by atoms with van der Waals surface area (Å²) in [6.45, 7) is 6.67. The Bertz CT molecular complexity index is 468. The minimum atomic E-state index is -0.459. The molecule has 0 radical (unpaired) electrons. The largest absolute Gasteiger partial charge is 0.391 e. The van der Waals surface area contributed by atoms with E-state index in [4.69, 9.17) is 0 Å². The molecule has 0 aliphatic carbocycles. The van der Waals surface area contributed by atoms with Crippen LogP contribution in [-0.2, 0) is 11.2 Å². The normalized spacial score (nSPS) is 22.3. The molecule has 1 aliphatic rings. The Morgan fingerprint density at radius 1 is 1.47 bits per heavy atom. The van der Waals surface area contributed by atoms with Crippen molar-refractivity contribution in [3.8, 4) is 0 Å². The van der Waals surface area contributed by atoms with Gasteiger partial charge in [0.05, 0.1) is 18.1 Å². The Kier molecular flexibility index (Phi) is 3.95. The molecule has 0 aromatic heterocycles. The number of rotatable bonds is 2. The van der Waals surface area contributed by atoms with E-state index in [1.54, 1.807) is 0 Å². The number of benzene rings is 1.